The zero-order chi connectivity index (χ0) is 13.5. The van der Waals surface area contributed by atoms with E-state index in [1.807, 2.05) is 12.1 Å². The first kappa shape index (κ1) is 14.4. The van der Waals surface area contributed by atoms with Gasteiger partial charge in [-0.15, -0.1) is 0 Å². The summed E-state index contributed by atoms with van der Waals surface area (Å²) in [5, 5.41) is 0. The first-order chi connectivity index (χ1) is 9.33. The van der Waals surface area contributed by atoms with Crippen LogP contribution in [-0.4, -0.2) is 25.9 Å². The third-order valence-electron chi connectivity index (χ3n) is 3.30. The van der Waals surface area contributed by atoms with Gasteiger partial charge >= 0.3 is 0 Å². The van der Waals surface area contributed by atoms with Gasteiger partial charge in [0.25, 0.3) is 0 Å². The van der Waals surface area contributed by atoms with Crippen molar-refractivity contribution in [3.8, 4) is 5.75 Å². The molecule has 1 aromatic rings. The van der Waals surface area contributed by atoms with Crippen LogP contribution in [-0.2, 0) is 9.47 Å². The highest BCUT2D eigenvalue weighted by Gasteiger charge is 2.22. The molecule has 2 rings (SSSR count). The first-order valence-electron chi connectivity index (χ1n) is 7.29. The summed E-state index contributed by atoms with van der Waals surface area (Å²) in [6.07, 6.45) is 3.58. The van der Waals surface area contributed by atoms with E-state index in [0.29, 0.717) is 13.2 Å². The van der Waals surface area contributed by atoms with Gasteiger partial charge in [-0.1, -0.05) is 32.4 Å². The summed E-state index contributed by atoms with van der Waals surface area (Å²) in [7, 11) is 0. The lowest BCUT2D eigenvalue weighted by atomic mass is 10.1. The van der Waals surface area contributed by atoms with Crippen LogP contribution in [0.25, 0.3) is 0 Å². The SMILES string of the molecule is CCCOc1ccc([C@@H]2CO[C@@H](CCC)CO2)cc1. The van der Waals surface area contributed by atoms with E-state index in [0.717, 1.165) is 31.6 Å². The molecule has 0 saturated carbocycles. The average molecular weight is 264 g/mol. The van der Waals surface area contributed by atoms with E-state index in [-0.39, 0.29) is 12.2 Å². The Hall–Kier alpha value is -1.06. The molecule has 0 unspecified atom stereocenters. The molecule has 3 heteroatoms. The average Bonchev–Trinajstić information content (AvgIpc) is 2.47. The molecule has 3 nitrogen and oxygen atoms in total. The minimum absolute atomic E-state index is 0.0633. The smallest absolute Gasteiger partial charge is 0.119 e. The van der Waals surface area contributed by atoms with Crippen molar-refractivity contribution >= 4 is 0 Å². The van der Waals surface area contributed by atoms with Crippen molar-refractivity contribution in [3.05, 3.63) is 29.8 Å². The third kappa shape index (κ3) is 4.22. The maximum Gasteiger partial charge on any atom is 0.119 e. The van der Waals surface area contributed by atoms with Crippen LogP contribution in [0.1, 0.15) is 44.8 Å². The van der Waals surface area contributed by atoms with Crippen molar-refractivity contribution in [2.45, 2.75) is 45.3 Å². The van der Waals surface area contributed by atoms with Crippen LogP contribution < -0.4 is 4.74 Å². The van der Waals surface area contributed by atoms with Crippen molar-refractivity contribution in [3.63, 3.8) is 0 Å². The number of ether oxygens (including phenoxy) is 3. The number of benzene rings is 1. The predicted octanol–water partition coefficient (Wildman–Crippen LogP) is 3.73. The number of hydrogen-bond acceptors (Lipinski definition) is 3. The standard InChI is InChI=1S/C16H24O3/c1-3-5-15-11-19-16(12-18-15)13-6-8-14(9-7-13)17-10-4-2/h6-9,15-16H,3-5,10-12H2,1-2H3/t15-,16-/m0/s1. The van der Waals surface area contributed by atoms with E-state index in [1.54, 1.807) is 0 Å². The quantitative estimate of drug-likeness (QED) is 0.783. The van der Waals surface area contributed by atoms with E-state index in [4.69, 9.17) is 14.2 Å². The molecule has 0 bridgehead atoms. The predicted molar refractivity (Wildman–Crippen MR) is 75.6 cm³/mol. The molecule has 0 N–H and O–H groups in total. The van der Waals surface area contributed by atoms with E-state index in [9.17, 15) is 0 Å². The number of hydrogen-bond donors (Lipinski definition) is 0. The van der Waals surface area contributed by atoms with Gasteiger partial charge in [0.15, 0.2) is 0 Å². The molecule has 1 heterocycles. The first-order valence-corrected chi connectivity index (χ1v) is 7.29. The fourth-order valence-corrected chi connectivity index (χ4v) is 2.22. The Balaban J connectivity index is 1.85. The van der Waals surface area contributed by atoms with E-state index in [1.165, 1.54) is 5.56 Å². The van der Waals surface area contributed by atoms with Gasteiger partial charge in [0, 0.05) is 0 Å². The molecular formula is C16H24O3. The Morgan fingerprint density at radius 3 is 2.42 bits per heavy atom. The van der Waals surface area contributed by atoms with Gasteiger partial charge in [0.1, 0.15) is 11.9 Å². The molecule has 0 radical (unpaired) electrons. The molecule has 0 aliphatic carbocycles. The molecule has 0 spiro atoms. The van der Waals surface area contributed by atoms with Gasteiger partial charge in [-0.3, -0.25) is 0 Å². The lowest BCUT2D eigenvalue weighted by Crippen LogP contribution is -2.30. The molecule has 19 heavy (non-hydrogen) atoms. The summed E-state index contributed by atoms with van der Waals surface area (Å²) in [4.78, 5) is 0. The highest BCUT2D eigenvalue weighted by atomic mass is 16.6. The van der Waals surface area contributed by atoms with E-state index in [2.05, 4.69) is 26.0 Å². The summed E-state index contributed by atoms with van der Waals surface area (Å²) in [6, 6.07) is 8.15. The summed E-state index contributed by atoms with van der Waals surface area (Å²) < 4.78 is 17.3. The summed E-state index contributed by atoms with van der Waals surface area (Å²) in [6.45, 7) is 6.40. The van der Waals surface area contributed by atoms with Crippen molar-refractivity contribution in [1.29, 1.82) is 0 Å². The summed E-state index contributed by atoms with van der Waals surface area (Å²) in [5.41, 5.74) is 1.17. The maximum atomic E-state index is 5.88. The van der Waals surface area contributed by atoms with Crippen LogP contribution in [0, 0.1) is 0 Å². The Kier molecular flexibility index (Phi) is 5.67. The fourth-order valence-electron chi connectivity index (χ4n) is 2.22. The molecule has 1 aliphatic heterocycles. The van der Waals surface area contributed by atoms with Gasteiger partial charge in [0.2, 0.25) is 0 Å². The maximum absolute atomic E-state index is 5.88. The zero-order valence-corrected chi connectivity index (χ0v) is 11.9. The molecule has 0 aromatic heterocycles. The second-order valence-electron chi connectivity index (χ2n) is 4.98. The summed E-state index contributed by atoms with van der Waals surface area (Å²) >= 11 is 0. The van der Waals surface area contributed by atoms with Gasteiger partial charge in [-0.05, 0) is 30.5 Å². The van der Waals surface area contributed by atoms with Gasteiger partial charge in [0.05, 0.1) is 25.9 Å². The Morgan fingerprint density at radius 2 is 1.84 bits per heavy atom. The van der Waals surface area contributed by atoms with Gasteiger partial charge in [-0.2, -0.15) is 0 Å². The van der Waals surface area contributed by atoms with Crippen LogP contribution in [0.15, 0.2) is 24.3 Å². The van der Waals surface area contributed by atoms with Crippen molar-refractivity contribution in [1.82, 2.24) is 0 Å². The molecule has 2 atom stereocenters. The van der Waals surface area contributed by atoms with Crippen molar-refractivity contribution in [2.24, 2.45) is 0 Å². The molecule has 1 aliphatic rings. The Bertz CT molecular complexity index is 353. The second-order valence-corrected chi connectivity index (χ2v) is 4.98. The molecular weight excluding hydrogens is 240 g/mol. The van der Waals surface area contributed by atoms with E-state index >= 15 is 0 Å². The molecule has 1 aromatic carbocycles. The summed E-state index contributed by atoms with van der Waals surface area (Å²) in [5.74, 6) is 0.922. The van der Waals surface area contributed by atoms with Gasteiger partial charge < -0.3 is 14.2 Å². The molecule has 1 saturated heterocycles. The zero-order valence-electron chi connectivity index (χ0n) is 11.9. The second kappa shape index (κ2) is 7.51. The van der Waals surface area contributed by atoms with Crippen LogP contribution in [0.2, 0.25) is 0 Å². The van der Waals surface area contributed by atoms with Crippen LogP contribution in [0.4, 0.5) is 0 Å². The Morgan fingerprint density at radius 1 is 1.05 bits per heavy atom. The lowest BCUT2D eigenvalue weighted by molar-refractivity contribution is -0.137. The molecule has 106 valence electrons. The Labute approximate surface area is 115 Å². The highest BCUT2D eigenvalue weighted by molar-refractivity contribution is 5.28. The minimum Gasteiger partial charge on any atom is -0.494 e. The molecule has 1 fully saturated rings. The minimum atomic E-state index is 0.0633. The number of rotatable bonds is 6. The normalized spacial score (nSPS) is 23.3. The highest BCUT2D eigenvalue weighted by Crippen LogP contribution is 2.25. The van der Waals surface area contributed by atoms with E-state index < -0.39 is 0 Å². The van der Waals surface area contributed by atoms with Crippen molar-refractivity contribution < 1.29 is 14.2 Å². The fraction of sp³-hybridized carbons (Fsp3) is 0.625. The van der Waals surface area contributed by atoms with Crippen LogP contribution in [0.3, 0.4) is 0 Å². The monoisotopic (exact) mass is 264 g/mol. The topological polar surface area (TPSA) is 27.7 Å². The molecule has 0 amide bonds. The van der Waals surface area contributed by atoms with Gasteiger partial charge in [-0.25, -0.2) is 0 Å². The third-order valence-corrected chi connectivity index (χ3v) is 3.30. The lowest BCUT2D eigenvalue weighted by Gasteiger charge is -2.29. The van der Waals surface area contributed by atoms with Crippen LogP contribution in [0.5, 0.6) is 5.75 Å². The van der Waals surface area contributed by atoms with Crippen molar-refractivity contribution in [2.75, 3.05) is 19.8 Å². The van der Waals surface area contributed by atoms with Crippen LogP contribution >= 0.6 is 0 Å². The largest absolute Gasteiger partial charge is 0.494 e.